The predicted molar refractivity (Wildman–Crippen MR) is 63.1 cm³/mol. The molecule has 0 saturated carbocycles. The highest BCUT2D eigenvalue weighted by Gasteiger charge is 2.25. The Kier molecular flexibility index (Phi) is 5.53. The maximum Gasteiger partial charge on any atom is 0.0597 e. The Hall–Kier alpha value is -0.160. The number of likely N-dealkylation sites (N-methyl/N-ethyl adjacent to an activating group) is 2. The molecule has 0 bridgehead atoms. The van der Waals surface area contributed by atoms with Crippen molar-refractivity contribution in [2.75, 3.05) is 46.9 Å². The molecule has 2 unspecified atom stereocenters. The third kappa shape index (κ3) is 4.07. The lowest BCUT2D eigenvalue weighted by atomic mass is 10.2. The molecular formula is C11H25N3O. The molecule has 0 aromatic carbocycles. The Labute approximate surface area is 93.2 Å². The molecule has 4 heteroatoms. The van der Waals surface area contributed by atoms with Crippen molar-refractivity contribution < 1.29 is 5.11 Å². The molecule has 0 aromatic heterocycles. The topological polar surface area (TPSA) is 38.7 Å². The summed E-state index contributed by atoms with van der Waals surface area (Å²) in [5.41, 5.74) is 0. The molecule has 0 aromatic rings. The zero-order chi connectivity index (χ0) is 11.3. The van der Waals surface area contributed by atoms with E-state index in [9.17, 15) is 5.11 Å². The van der Waals surface area contributed by atoms with Crippen LogP contribution in [0.25, 0.3) is 0 Å². The van der Waals surface area contributed by atoms with Gasteiger partial charge in [-0.05, 0) is 33.6 Å². The Balaban J connectivity index is 2.27. The number of nitrogens with zero attached hydrogens (tertiary/aromatic N) is 2. The third-order valence-corrected chi connectivity index (χ3v) is 3.17. The summed E-state index contributed by atoms with van der Waals surface area (Å²) in [6.45, 7) is 6.50. The van der Waals surface area contributed by atoms with Gasteiger partial charge in [-0.25, -0.2) is 0 Å². The lowest BCUT2D eigenvalue weighted by molar-refractivity contribution is 0.192. The van der Waals surface area contributed by atoms with Crippen LogP contribution in [0, 0.1) is 0 Å². The number of likely N-dealkylation sites (tertiary alicyclic amines) is 1. The van der Waals surface area contributed by atoms with Crippen LogP contribution < -0.4 is 5.32 Å². The molecule has 1 fully saturated rings. The molecule has 15 heavy (non-hydrogen) atoms. The first-order valence-electron chi connectivity index (χ1n) is 5.90. The smallest absolute Gasteiger partial charge is 0.0597 e. The Morgan fingerprint density at radius 2 is 2.27 bits per heavy atom. The summed E-state index contributed by atoms with van der Waals surface area (Å²) in [5, 5.41) is 12.5. The molecule has 1 aliphatic rings. The van der Waals surface area contributed by atoms with Crippen molar-refractivity contribution in [3.8, 4) is 0 Å². The third-order valence-electron chi connectivity index (χ3n) is 3.17. The van der Waals surface area contributed by atoms with Gasteiger partial charge in [0.2, 0.25) is 0 Å². The van der Waals surface area contributed by atoms with Crippen LogP contribution in [0.4, 0.5) is 0 Å². The Morgan fingerprint density at radius 1 is 1.53 bits per heavy atom. The molecule has 0 aliphatic carbocycles. The van der Waals surface area contributed by atoms with Crippen molar-refractivity contribution in [1.82, 2.24) is 15.1 Å². The highest BCUT2D eigenvalue weighted by molar-refractivity contribution is 4.83. The van der Waals surface area contributed by atoms with Gasteiger partial charge in [-0.1, -0.05) is 6.92 Å². The van der Waals surface area contributed by atoms with E-state index >= 15 is 0 Å². The number of nitrogens with one attached hydrogen (secondary N) is 1. The van der Waals surface area contributed by atoms with E-state index < -0.39 is 0 Å². The molecule has 1 saturated heterocycles. The van der Waals surface area contributed by atoms with Crippen LogP contribution >= 0.6 is 0 Å². The first kappa shape index (κ1) is 12.9. The van der Waals surface area contributed by atoms with Crippen LogP contribution in [-0.2, 0) is 0 Å². The van der Waals surface area contributed by atoms with Gasteiger partial charge in [-0.15, -0.1) is 0 Å². The summed E-state index contributed by atoms with van der Waals surface area (Å²) < 4.78 is 0. The van der Waals surface area contributed by atoms with Gasteiger partial charge < -0.3 is 20.2 Å². The lowest BCUT2D eigenvalue weighted by Crippen LogP contribution is -2.43. The van der Waals surface area contributed by atoms with E-state index in [1.165, 1.54) is 6.42 Å². The average Bonchev–Trinajstić information content (AvgIpc) is 2.65. The van der Waals surface area contributed by atoms with E-state index in [1.54, 1.807) is 0 Å². The van der Waals surface area contributed by atoms with Crippen LogP contribution in [0.2, 0.25) is 0 Å². The van der Waals surface area contributed by atoms with Crippen molar-refractivity contribution in [3.05, 3.63) is 0 Å². The van der Waals surface area contributed by atoms with Gasteiger partial charge in [0.05, 0.1) is 6.61 Å². The fourth-order valence-electron chi connectivity index (χ4n) is 2.19. The molecule has 1 heterocycles. The van der Waals surface area contributed by atoms with Gasteiger partial charge >= 0.3 is 0 Å². The fourth-order valence-corrected chi connectivity index (χ4v) is 2.19. The quantitative estimate of drug-likeness (QED) is 0.632. The highest BCUT2D eigenvalue weighted by Crippen LogP contribution is 2.13. The summed E-state index contributed by atoms with van der Waals surface area (Å²) in [4.78, 5) is 4.73. The van der Waals surface area contributed by atoms with Crippen LogP contribution in [0.1, 0.15) is 13.3 Å². The van der Waals surface area contributed by atoms with Gasteiger partial charge in [0.15, 0.2) is 0 Å². The summed E-state index contributed by atoms with van der Waals surface area (Å²) >= 11 is 0. The monoisotopic (exact) mass is 215 g/mol. The predicted octanol–water partition coefficient (Wildman–Crippen LogP) is -0.407. The van der Waals surface area contributed by atoms with Gasteiger partial charge in [0.1, 0.15) is 0 Å². The van der Waals surface area contributed by atoms with Crippen molar-refractivity contribution >= 4 is 0 Å². The van der Waals surface area contributed by atoms with Gasteiger partial charge in [0, 0.05) is 25.2 Å². The molecule has 2 N–H and O–H groups in total. The number of hydrogen-bond donors (Lipinski definition) is 2. The number of rotatable bonds is 6. The summed E-state index contributed by atoms with van der Waals surface area (Å²) in [7, 11) is 4.28. The van der Waals surface area contributed by atoms with E-state index in [-0.39, 0.29) is 12.6 Å². The molecule has 2 atom stereocenters. The van der Waals surface area contributed by atoms with Crippen LogP contribution in [0.3, 0.4) is 0 Å². The second-order valence-corrected chi connectivity index (χ2v) is 4.60. The Morgan fingerprint density at radius 3 is 2.73 bits per heavy atom. The zero-order valence-electron chi connectivity index (χ0n) is 10.2. The fraction of sp³-hybridized carbons (Fsp3) is 1.00. The first-order chi connectivity index (χ1) is 7.17. The first-order valence-corrected chi connectivity index (χ1v) is 5.90. The van der Waals surface area contributed by atoms with Crippen molar-refractivity contribution in [3.63, 3.8) is 0 Å². The van der Waals surface area contributed by atoms with E-state index in [1.807, 2.05) is 0 Å². The lowest BCUT2D eigenvalue weighted by Gasteiger charge is -2.24. The highest BCUT2D eigenvalue weighted by atomic mass is 16.3. The molecular weight excluding hydrogens is 190 g/mol. The molecule has 0 radical (unpaired) electrons. The maximum absolute atomic E-state index is 9.19. The van der Waals surface area contributed by atoms with Gasteiger partial charge in [-0.2, -0.15) is 0 Å². The molecule has 4 nitrogen and oxygen atoms in total. The SMILES string of the molecule is CCNC(CO)CN1CCC(N(C)C)C1. The van der Waals surface area contributed by atoms with Crippen LogP contribution in [0.15, 0.2) is 0 Å². The number of hydrogen-bond acceptors (Lipinski definition) is 4. The average molecular weight is 215 g/mol. The molecule has 1 rings (SSSR count). The van der Waals surface area contributed by atoms with Crippen molar-refractivity contribution in [2.45, 2.75) is 25.4 Å². The largest absolute Gasteiger partial charge is 0.395 e. The molecule has 0 amide bonds. The van der Waals surface area contributed by atoms with E-state index in [2.05, 4.69) is 36.1 Å². The minimum Gasteiger partial charge on any atom is -0.395 e. The number of aliphatic hydroxyl groups excluding tert-OH is 1. The Bertz CT molecular complexity index is 175. The second-order valence-electron chi connectivity index (χ2n) is 4.60. The minimum absolute atomic E-state index is 0.232. The van der Waals surface area contributed by atoms with Gasteiger partial charge in [-0.3, -0.25) is 0 Å². The second kappa shape index (κ2) is 6.43. The zero-order valence-corrected chi connectivity index (χ0v) is 10.2. The van der Waals surface area contributed by atoms with Crippen molar-refractivity contribution in [1.29, 1.82) is 0 Å². The molecule has 90 valence electrons. The van der Waals surface area contributed by atoms with Crippen molar-refractivity contribution in [2.24, 2.45) is 0 Å². The van der Waals surface area contributed by atoms with Gasteiger partial charge in [0.25, 0.3) is 0 Å². The van der Waals surface area contributed by atoms with Crippen LogP contribution in [-0.4, -0.2) is 73.9 Å². The standard InChI is InChI=1S/C11H25N3O/c1-4-12-10(9-15)7-14-6-5-11(8-14)13(2)3/h10-12,15H,4-9H2,1-3H3. The maximum atomic E-state index is 9.19. The normalized spacial score (nSPS) is 25.0. The van der Waals surface area contributed by atoms with E-state index in [0.717, 1.165) is 26.2 Å². The molecule has 0 spiro atoms. The van der Waals surface area contributed by atoms with Crippen LogP contribution in [0.5, 0.6) is 0 Å². The summed E-state index contributed by atoms with van der Waals surface area (Å²) in [5.74, 6) is 0. The summed E-state index contributed by atoms with van der Waals surface area (Å²) in [6.07, 6.45) is 1.25. The molecule has 1 aliphatic heterocycles. The van der Waals surface area contributed by atoms with E-state index in [4.69, 9.17) is 0 Å². The number of aliphatic hydroxyl groups is 1. The summed E-state index contributed by atoms with van der Waals surface area (Å²) in [6, 6.07) is 0.918. The minimum atomic E-state index is 0.232. The van der Waals surface area contributed by atoms with E-state index in [0.29, 0.717) is 6.04 Å².